The van der Waals surface area contributed by atoms with Crippen molar-refractivity contribution in [1.29, 1.82) is 0 Å². The molecule has 0 spiro atoms. The van der Waals surface area contributed by atoms with E-state index in [1.807, 2.05) is 0 Å². The average Bonchev–Trinajstić information content (AvgIpc) is 2.28. The lowest BCUT2D eigenvalue weighted by molar-refractivity contribution is -0.136. The molecule has 0 amide bonds. The smallest absolute Gasteiger partial charge is 0.313 e. The van der Waals surface area contributed by atoms with E-state index in [0.717, 1.165) is 6.07 Å². The summed E-state index contributed by atoms with van der Waals surface area (Å²) in [4.78, 5) is 0. The SMILES string of the molecule is CNC(CCC(F)(F)F)c1ccc(F)c(F)c1F. The second kappa shape index (κ2) is 5.60. The van der Waals surface area contributed by atoms with Crippen LogP contribution in [-0.4, -0.2) is 13.2 Å². The van der Waals surface area contributed by atoms with Crippen LogP contribution >= 0.6 is 0 Å². The third-order valence-electron chi connectivity index (χ3n) is 2.51. The molecule has 18 heavy (non-hydrogen) atoms. The fourth-order valence-electron chi connectivity index (χ4n) is 1.57. The van der Waals surface area contributed by atoms with Crippen LogP contribution in [0.25, 0.3) is 0 Å². The molecular weight excluding hydrogens is 260 g/mol. The van der Waals surface area contributed by atoms with Crippen LogP contribution in [-0.2, 0) is 0 Å². The summed E-state index contributed by atoms with van der Waals surface area (Å²) in [5.74, 6) is -4.52. The molecular formula is C11H11F6N. The van der Waals surface area contributed by atoms with Gasteiger partial charge in [0.1, 0.15) is 0 Å². The molecule has 1 atom stereocenters. The van der Waals surface area contributed by atoms with Crippen LogP contribution in [0.1, 0.15) is 24.4 Å². The van der Waals surface area contributed by atoms with Gasteiger partial charge in [0, 0.05) is 18.0 Å². The predicted octanol–water partition coefficient (Wildman–Crippen LogP) is 3.71. The third kappa shape index (κ3) is 3.63. The van der Waals surface area contributed by atoms with E-state index < -0.39 is 42.5 Å². The quantitative estimate of drug-likeness (QED) is 0.650. The van der Waals surface area contributed by atoms with Gasteiger partial charge >= 0.3 is 6.18 Å². The highest BCUT2D eigenvalue weighted by Crippen LogP contribution is 2.29. The van der Waals surface area contributed by atoms with Crippen molar-refractivity contribution >= 4 is 0 Å². The topological polar surface area (TPSA) is 12.0 Å². The second-order valence-electron chi connectivity index (χ2n) is 3.76. The van der Waals surface area contributed by atoms with E-state index in [0.29, 0.717) is 6.07 Å². The molecule has 0 heterocycles. The molecule has 102 valence electrons. The van der Waals surface area contributed by atoms with Crippen LogP contribution in [0.15, 0.2) is 12.1 Å². The van der Waals surface area contributed by atoms with Gasteiger partial charge in [-0.3, -0.25) is 0 Å². The molecule has 0 saturated heterocycles. The maximum absolute atomic E-state index is 13.4. The number of nitrogens with one attached hydrogen (secondary N) is 1. The lowest BCUT2D eigenvalue weighted by Gasteiger charge is -2.18. The summed E-state index contributed by atoms with van der Waals surface area (Å²) < 4.78 is 75.2. The number of benzene rings is 1. The van der Waals surface area contributed by atoms with Gasteiger partial charge in [-0.1, -0.05) is 6.07 Å². The van der Waals surface area contributed by atoms with Crippen LogP contribution in [0, 0.1) is 17.5 Å². The molecule has 0 fully saturated rings. The van der Waals surface area contributed by atoms with Crippen LogP contribution in [0.2, 0.25) is 0 Å². The van der Waals surface area contributed by atoms with Gasteiger partial charge in [-0.2, -0.15) is 13.2 Å². The zero-order valence-electron chi connectivity index (χ0n) is 9.41. The Kier molecular flexibility index (Phi) is 4.61. The first-order valence-electron chi connectivity index (χ1n) is 5.13. The predicted molar refractivity (Wildman–Crippen MR) is 53.4 cm³/mol. The van der Waals surface area contributed by atoms with Crippen molar-refractivity contribution in [3.63, 3.8) is 0 Å². The van der Waals surface area contributed by atoms with Crippen LogP contribution in [0.4, 0.5) is 26.3 Å². The second-order valence-corrected chi connectivity index (χ2v) is 3.76. The zero-order chi connectivity index (χ0) is 13.9. The molecule has 1 unspecified atom stereocenters. The molecule has 0 aliphatic rings. The summed E-state index contributed by atoms with van der Waals surface area (Å²) in [6, 6.07) is 0.596. The Morgan fingerprint density at radius 3 is 2.22 bits per heavy atom. The van der Waals surface area contributed by atoms with Gasteiger partial charge in [0.25, 0.3) is 0 Å². The van der Waals surface area contributed by atoms with Crippen LogP contribution in [0.5, 0.6) is 0 Å². The van der Waals surface area contributed by atoms with Gasteiger partial charge in [-0.15, -0.1) is 0 Å². The molecule has 1 rings (SSSR count). The molecule has 1 aromatic rings. The zero-order valence-corrected chi connectivity index (χ0v) is 9.41. The van der Waals surface area contributed by atoms with E-state index in [9.17, 15) is 26.3 Å². The van der Waals surface area contributed by atoms with Crippen LogP contribution < -0.4 is 5.32 Å². The number of alkyl halides is 3. The fourth-order valence-corrected chi connectivity index (χ4v) is 1.57. The monoisotopic (exact) mass is 271 g/mol. The molecule has 1 nitrogen and oxygen atoms in total. The van der Waals surface area contributed by atoms with Crippen molar-refractivity contribution in [2.45, 2.75) is 25.1 Å². The minimum Gasteiger partial charge on any atom is -0.313 e. The molecule has 0 bridgehead atoms. The molecule has 0 aromatic heterocycles. The number of halogens is 6. The van der Waals surface area contributed by atoms with Crippen molar-refractivity contribution in [3.8, 4) is 0 Å². The summed E-state index contributed by atoms with van der Waals surface area (Å²) in [5.41, 5.74) is -0.319. The highest BCUT2D eigenvalue weighted by molar-refractivity contribution is 5.23. The molecule has 0 saturated carbocycles. The van der Waals surface area contributed by atoms with Crippen molar-refractivity contribution in [1.82, 2.24) is 5.32 Å². The van der Waals surface area contributed by atoms with Crippen molar-refractivity contribution in [2.75, 3.05) is 7.05 Å². The van der Waals surface area contributed by atoms with Crippen molar-refractivity contribution < 1.29 is 26.3 Å². The van der Waals surface area contributed by atoms with Gasteiger partial charge in [-0.25, -0.2) is 13.2 Å². The summed E-state index contributed by atoms with van der Waals surface area (Å²) in [6.07, 6.45) is -5.98. The van der Waals surface area contributed by atoms with Gasteiger partial charge in [0.2, 0.25) is 0 Å². The van der Waals surface area contributed by atoms with E-state index in [-0.39, 0.29) is 5.56 Å². The highest BCUT2D eigenvalue weighted by Gasteiger charge is 2.29. The first-order valence-corrected chi connectivity index (χ1v) is 5.13. The first-order chi connectivity index (χ1) is 8.26. The fraction of sp³-hybridized carbons (Fsp3) is 0.455. The van der Waals surface area contributed by atoms with E-state index >= 15 is 0 Å². The summed E-state index contributed by atoms with van der Waals surface area (Å²) in [7, 11) is 1.32. The average molecular weight is 271 g/mol. The van der Waals surface area contributed by atoms with E-state index in [1.165, 1.54) is 7.05 Å². The van der Waals surface area contributed by atoms with E-state index in [2.05, 4.69) is 5.32 Å². The van der Waals surface area contributed by atoms with Crippen molar-refractivity contribution in [2.24, 2.45) is 0 Å². The lowest BCUT2D eigenvalue weighted by Crippen LogP contribution is -2.21. The standard InChI is InChI=1S/C11H11F6N/c1-18-8(4-5-11(15,16)17)6-2-3-7(12)10(14)9(6)13/h2-3,8,18H,4-5H2,1H3. The summed E-state index contributed by atoms with van der Waals surface area (Å²) in [5, 5.41) is 2.45. The lowest BCUT2D eigenvalue weighted by atomic mass is 10.0. The first kappa shape index (κ1) is 14.8. The van der Waals surface area contributed by atoms with Gasteiger partial charge in [-0.05, 0) is 19.5 Å². The Labute approximate surface area is 99.8 Å². The summed E-state index contributed by atoms with van der Waals surface area (Å²) in [6.45, 7) is 0. The Morgan fingerprint density at radius 1 is 1.11 bits per heavy atom. The molecule has 0 aliphatic heterocycles. The Hall–Kier alpha value is -1.24. The van der Waals surface area contributed by atoms with Crippen LogP contribution in [0.3, 0.4) is 0 Å². The molecule has 7 heteroatoms. The summed E-state index contributed by atoms with van der Waals surface area (Å²) >= 11 is 0. The maximum Gasteiger partial charge on any atom is 0.389 e. The van der Waals surface area contributed by atoms with Gasteiger partial charge in [0.05, 0.1) is 0 Å². The minimum absolute atomic E-state index is 0.319. The van der Waals surface area contributed by atoms with Gasteiger partial charge < -0.3 is 5.32 Å². The normalized spacial score (nSPS) is 13.7. The molecule has 0 aliphatic carbocycles. The third-order valence-corrected chi connectivity index (χ3v) is 2.51. The molecule has 0 radical (unpaired) electrons. The molecule has 1 N–H and O–H groups in total. The number of rotatable bonds is 4. The highest BCUT2D eigenvalue weighted by atomic mass is 19.4. The minimum atomic E-state index is -4.38. The maximum atomic E-state index is 13.4. The number of hydrogen-bond donors (Lipinski definition) is 1. The van der Waals surface area contributed by atoms with E-state index in [4.69, 9.17) is 0 Å². The van der Waals surface area contributed by atoms with Gasteiger partial charge in [0.15, 0.2) is 17.5 Å². The molecule has 1 aromatic carbocycles. The Balaban J connectivity index is 2.92. The largest absolute Gasteiger partial charge is 0.389 e. The van der Waals surface area contributed by atoms with Crippen molar-refractivity contribution in [3.05, 3.63) is 35.1 Å². The van der Waals surface area contributed by atoms with E-state index in [1.54, 1.807) is 0 Å². The Bertz CT molecular complexity index is 415. The Morgan fingerprint density at radius 2 is 1.72 bits per heavy atom. The number of hydrogen-bond acceptors (Lipinski definition) is 1.